The van der Waals surface area contributed by atoms with Gasteiger partial charge in [0.25, 0.3) is 0 Å². The smallest absolute Gasteiger partial charge is 0.0278 e. The van der Waals surface area contributed by atoms with Gasteiger partial charge in [0.2, 0.25) is 0 Å². The summed E-state index contributed by atoms with van der Waals surface area (Å²) in [7, 11) is 0. The van der Waals surface area contributed by atoms with Crippen LogP contribution in [-0.4, -0.2) is 36.1 Å². The molecule has 2 atom stereocenters. The minimum absolute atomic E-state index is 0.345. The van der Waals surface area contributed by atoms with Gasteiger partial charge in [0.15, 0.2) is 0 Å². The number of hydrogen-bond acceptors (Lipinski definition) is 2. The molecule has 1 aliphatic heterocycles. The van der Waals surface area contributed by atoms with Crippen molar-refractivity contribution >= 4 is 0 Å². The summed E-state index contributed by atoms with van der Waals surface area (Å²) >= 11 is 0. The molecule has 2 rings (SSSR count). The summed E-state index contributed by atoms with van der Waals surface area (Å²) in [6, 6.07) is 0.710. The number of rotatable bonds is 3. The fourth-order valence-electron chi connectivity index (χ4n) is 2.49. The Kier molecular flexibility index (Phi) is 2.85. The standard InChI is InChI=1S/C13H26N2/c1-5-13(4)10-15(11(2)8-14-13)9-12(3)6-7-12/h11,14H,5-10H2,1-4H3. The monoisotopic (exact) mass is 210 g/mol. The summed E-state index contributed by atoms with van der Waals surface area (Å²) in [6.07, 6.45) is 4.10. The molecule has 2 unspecified atom stereocenters. The van der Waals surface area contributed by atoms with E-state index in [-0.39, 0.29) is 0 Å². The highest BCUT2D eigenvalue weighted by Crippen LogP contribution is 2.46. The van der Waals surface area contributed by atoms with E-state index >= 15 is 0 Å². The molecule has 0 aromatic rings. The molecule has 1 heterocycles. The second-order valence-corrected chi connectivity index (χ2v) is 6.36. The highest BCUT2D eigenvalue weighted by atomic mass is 15.3. The van der Waals surface area contributed by atoms with Gasteiger partial charge >= 0.3 is 0 Å². The number of hydrogen-bond donors (Lipinski definition) is 1. The molecule has 0 aromatic carbocycles. The molecular weight excluding hydrogens is 184 g/mol. The van der Waals surface area contributed by atoms with Crippen molar-refractivity contribution in [3.8, 4) is 0 Å². The Balaban J connectivity index is 1.96. The zero-order valence-electron chi connectivity index (χ0n) is 10.8. The topological polar surface area (TPSA) is 15.3 Å². The molecule has 0 amide bonds. The van der Waals surface area contributed by atoms with Crippen LogP contribution >= 0.6 is 0 Å². The zero-order chi connectivity index (χ0) is 11.1. The third-order valence-corrected chi connectivity index (χ3v) is 4.47. The van der Waals surface area contributed by atoms with E-state index in [9.17, 15) is 0 Å². The predicted molar refractivity (Wildman–Crippen MR) is 65.1 cm³/mol. The molecule has 2 fully saturated rings. The average molecular weight is 210 g/mol. The maximum absolute atomic E-state index is 3.69. The van der Waals surface area contributed by atoms with E-state index in [4.69, 9.17) is 0 Å². The van der Waals surface area contributed by atoms with Crippen LogP contribution in [0.2, 0.25) is 0 Å². The van der Waals surface area contributed by atoms with E-state index < -0.39 is 0 Å². The second-order valence-electron chi connectivity index (χ2n) is 6.36. The maximum Gasteiger partial charge on any atom is 0.0278 e. The first-order chi connectivity index (χ1) is 6.96. The lowest BCUT2D eigenvalue weighted by Crippen LogP contribution is -2.62. The summed E-state index contributed by atoms with van der Waals surface area (Å²) in [5.74, 6) is 0. The van der Waals surface area contributed by atoms with Crippen LogP contribution in [0.25, 0.3) is 0 Å². The van der Waals surface area contributed by atoms with Crippen molar-refractivity contribution in [1.29, 1.82) is 0 Å². The highest BCUT2D eigenvalue weighted by Gasteiger charge is 2.42. The Bertz CT molecular complexity index is 235. The molecule has 0 radical (unpaired) electrons. The van der Waals surface area contributed by atoms with Gasteiger partial charge in [0, 0.05) is 31.2 Å². The van der Waals surface area contributed by atoms with E-state index in [1.54, 1.807) is 0 Å². The highest BCUT2D eigenvalue weighted by molar-refractivity contribution is 4.98. The number of nitrogens with one attached hydrogen (secondary N) is 1. The van der Waals surface area contributed by atoms with Gasteiger partial charge in [-0.15, -0.1) is 0 Å². The van der Waals surface area contributed by atoms with Crippen molar-refractivity contribution in [2.45, 2.75) is 58.5 Å². The van der Waals surface area contributed by atoms with Crippen molar-refractivity contribution in [1.82, 2.24) is 10.2 Å². The van der Waals surface area contributed by atoms with Gasteiger partial charge in [-0.25, -0.2) is 0 Å². The van der Waals surface area contributed by atoms with Gasteiger partial charge in [-0.05, 0) is 38.5 Å². The Morgan fingerprint density at radius 2 is 2.00 bits per heavy atom. The second kappa shape index (κ2) is 3.74. The van der Waals surface area contributed by atoms with Gasteiger partial charge in [-0.3, -0.25) is 4.90 Å². The fourth-order valence-corrected chi connectivity index (χ4v) is 2.49. The molecule has 15 heavy (non-hydrogen) atoms. The van der Waals surface area contributed by atoms with Crippen LogP contribution in [0.1, 0.15) is 47.0 Å². The van der Waals surface area contributed by atoms with Gasteiger partial charge in [0.1, 0.15) is 0 Å². The molecule has 1 N–H and O–H groups in total. The fraction of sp³-hybridized carbons (Fsp3) is 1.00. The first-order valence-electron chi connectivity index (χ1n) is 6.45. The molecule has 0 aromatic heterocycles. The van der Waals surface area contributed by atoms with Gasteiger partial charge < -0.3 is 5.32 Å². The third-order valence-electron chi connectivity index (χ3n) is 4.47. The molecule has 1 saturated heterocycles. The van der Waals surface area contributed by atoms with Crippen molar-refractivity contribution in [3.63, 3.8) is 0 Å². The van der Waals surface area contributed by atoms with Crippen LogP contribution < -0.4 is 5.32 Å². The van der Waals surface area contributed by atoms with Crippen LogP contribution in [0.15, 0.2) is 0 Å². The number of piperazine rings is 1. The summed E-state index contributed by atoms with van der Waals surface area (Å²) < 4.78 is 0. The van der Waals surface area contributed by atoms with Crippen molar-refractivity contribution < 1.29 is 0 Å². The minimum Gasteiger partial charge on any atom is -0.309 e. The van der Waals surface area contributed by atoms with Crippen LogP contribution in [0.5, 0.6) is 0 Å². The van der Waals surface area contributed by atoms with Gasteiger partial charge in [-0.2, -0.15) is 0 Å². The molecule has 2 nitrogen and oxygen atoms in total. The van der Waals surface area contributed by atoms with Gasteiger partial charge in [-0.1, -0.05) is 13.8 Å². The van der Waals surface area contributed by atoms with Crippen molar-refractivity contribution in [2.24, 2.45) is 5.41 Å². The van der Waals surface area contributed by atoms with Crippen molar-refractivity contribution in [2.75, 3.05) is 19.6 Å². The summed E-state index contributed by atoms with van der Waals surface area (Å²) in [4.78, 5) is 2.70. The van der Waals surface area contributed by atoms with E-state index in [2.05, 4.69) is 37.9 Å². The Hall–Kier alpha value is -0.0800. The lowest BCUT2D eigenvalue weighted by molar-refractivity contribution is 0.0762. The molecule has 2 aliphatic rings. The lowest BCUT2D eigenvalue weighted by Gasteiger charge is -2.46. The Labute approximate surface area is 94.4 Å². The normalized spacial score (nSPS) is 40.4. The first kappa shape index (κ1) is 11.4. The average Bonchev–Trinajstić information content (AvgIpc) is 2.91. The van der Waals surface area contributed by atoms with E-state index in [0.29, 0.717) is 17.0 Å². The van der Waals surface area contributed by atoms with E-state index in [1.165, 1.54) is 32.4 Å². The van der Waals surface area contributed by atoms with Crippen molar-refractivity contribution in [3.05, 3.63) is 0 Å². The molecular formula is C13H26N2. The molecule has 2 heteroatoms. The SMILES string of the molecule is CCC1(C)CN(CC2(C)CC2)C(C)CN1. The zero-order valence-corrected chi connectivity index (χ0v) is 10.8. The van der Waals surface area contributed by atoms with Gasteiger partial charge in [0.05, 0.1) is 0 Å². The summed E-state index contributed by atoms with van der Waals surface area (Å²) in [6.45, 7) is 13.1. The quantitative estimate of drug-likeness (QED) is 0.768. The van der Waals surface area contributed by atoms with E-state index in [0.717, 1.165) is 6.54 Å². The molecule has 0 spiro atoms. The molecule has 0 bridgehead atoms. The van der Waals surface area contributed by atoms with E-state index in [1.807, 2.05) is 0 Å². The number of nitrogens with zero attached hydrogens (tertiary/aromatic N) is 1. The Morgan fingerprint density at radius 1 is 1.33 bits per heavy atom. The lowest BCUT2D eigenvalue weighted by atomic mass is 9.93. The third kappa shape index (κ3) is 2.54. The largest absolute Gasteiger partial charge is 0.309 e. The van der Waals surface area contributed by atoms with Crippen LogP contribution in [0, 0.1) is 5.41 Å². The maximum atomic E-state index is 3.69. The predicted octanol–water partition coefficient (Wildman–Crippen LogP) is 2.25. The molecule has 88 valence electrons. The van der Waals surface area contributed by atoms with Crippen LogP contribution in [-0.2, 0) is 0 Å². The molecule has 1 aliphatic carbocycles. The Morgan fingerprint density at radius 3 is 2.53 bits per heavy atom. The minimum atomic E-state index is 0.345. The van der Waals surface area contributed by atoms with Crippen LogP contribution in [0.3, 0.4) is 0 Å². The summed E-state index contributed by atoms with van der Waals surface area (Å²) in [5.41, 5.74) is 0.998. The van der Waals surface area contributed by atoms with Crippen LogP contribution in [0.4, 0.5) is 0 Å². The molecule has 1 saturated carbocycles. The first-order valence-corrected chi connectivity index (χ1v) is 6.45. The summed E-state index contributed by atoms with van der Waals surface area (Å²) in [5, 5.41) is 3.69.